The molecule has 8 nitrogen and oxygen atoms in total. The quantitative estimate of drug-likeness (QED) is 0.712. The maximum absolute atomic E-state index is 12.4. The Morgan fingerprint density at radius 3 is 2.37 bits per heavy atom. The molecule has 0 radical (unpaired) electrons. The Morgan fingerprint density at radius 2 is 1.67 bits per heavy atom. The first-order valence-electron chi connectivity index (χ1n) is 7.78. The Kier molecular flexibility index (Phi) is 5.29. The molecule has 2 N–H and O–H groups in total. The number of fused-ring (bicyclic) bond motifs is 1. The van der Waals surface area contributed by atoms with Crippen molar-refractivity contribution in [1.29, 1.82) is 0 Å². The molecule has 0 aromatic heterocycles. The lowest BCUT2D eigenvalue weighted by molar-refractivity contribution is -0.124. The number of hydrogen-bond donors (Lipinski definition) is 2. The summed E-state index contributed by atoms with van der Waals surface area (Å²) in [5.41, 5.74) is 0.557. The molecule has 2 aromatic carbocycles. The number of sulfonamides is 1. The van der Waals surface area contributed by atoms with E-state index in [1.807, 2.05) is 0 Å². The van der Waals surface area contributed by atoms with Gasteiger partial charge in [0.1, 0.15) is 11.4 Å². The third kappa shape index (κ3) is 3.86. The van der Waals surface area contributed by atoms with Crippen LogP contribution in [0.1, 0.15) is 10.4 Å². The second-order valence-corrected chi connectivity index (χ2v) is 8.30. The zero-order valence-corrected chi connectivity index (χ0v) is 16.2. The Morgan fingerprint density at radius 1 is 1.00 bits per heavy atom. The van der Waals surface area contributed by atoms with Crippen LogP contribution in [0.4, 0.5) is 5.69 Å². The summed E-state index contributed by atoms with van der Waals surface area (Å²) in [6.07, 6.45) is 0. The number of anilines is 1. The molecule has 0 fully saturated rings. The number of nitrogens with one attached hydrogen (secondary N) is 2. The first-order valence-corrected chi connectivity index (χ1v) is 10.0. The van der Waals surface area contributed by atoms with Crippen LogP contribution in [0.15, 0.2) is 57.9 Å². The molecule has 0 unspecified atom stereocenters. The molecule has 0 saturated carbocycles. The van der Waals surface area contributed by atoms with E-state index in [1.54, 1.807) is 30.3 Å². The number of rotatable bonds is 5. The molecule has 1 aliphatic heterocycles. The second-order valence-electron chi connectivity index (χ2n) is 5.62. The molecule has 3 rings (SSSR count). The number of amides is 3. The number of hydrogen-bond acceptors (Lipinski definition) is 5. The van der Waals surface area contributed by atoms with Crippen LogP contribution in [0, 0.1) is 0 Å². The van der Waals surface area contributed by atoms with Crippen LogP contribution in [-0.4, -0.2) is 43.5 Å². The average molecular weight is 452 g/mol. The number of halogens is 1. The van der Waals surface area contributed by atoms with Gasteiger partial charge in [-0.1, -0.05) is 24.3 Å². The lowest BCUT2D eigenvalue weighted by atomic mass is 10.2. The predicted molar refractivity (Wildman–Crippen MR) is 100 cm³/mol. The van der Waals surface area contributed by atoms with E-state index < -0.39 is 34.3 Å². The van der Waals surface area contributed by atoms with Crippen molar-refractivity contribution in [2.45, 2.75) is 4.90 Å². The monoisotopic (exact) mass is 451 g/mol. The molecule has 140 valence electrons. The van der Waals surface area contributed by atoms with E-state index in [-0.39, 0.29) is 17.0 Å². The maximum Gasteiger partial charge on any atom is 0.269 e. The third-order valence-electron chi connectivity index (χ3n) is 3.79. The third-order valence-corrected chi connectivity index (χ3v) is 6.27. The first-order chi connectivity index (χ1) is 12.8. The van der Waals surface area contributed by atoms with E-state index in [9.17, 15) is 22.8 Å². The van der Waals surface area contributed by atoms with Crippen molar-refractivity contribution in [3.05, 3.63) is 58.6 Å². The molecule has 1 heterocycles. The van der Waals surface area contributed by atoms with E-state index in [2.05, 4.69) is 26.6 Å². The average Bonchev–Trinajstić information content (AvgIpc) is 2.83. The van der Waals surface area contributed by atoms with Gasteiger partial charge in [-0.15, -0.1) is 0 Å². The zero-order valence-electron chi connectivity index (χ0n) is 13.8. The second kappa shape index (κ2) is 7.49. The van der Waals surface area contributed by atoms with Crippen LogP contribution in [0.25, 0.3) is 0 Å². The van der Waals surface area contributed by atoms with Crippen molar-refractivity contribution >= 4 is 49.4 Å². The fourth-order valence-electron chi connectivity index (χ4n) is 2.51. The summed E-state index contributed by atoms with van der Waals surface area (Å²) in [5.74, 6) is -2.02. The molecule has 10 heteroatoms. The van der Waals surface area contributed by atoms with Gasteiger partial charge in [-0.25, -0.2) is 12.7 Å². The van der Waals surface area contributed by atoms with Gasteiger partial charge in [-0.05, 0) is 40.2 Å². The summed E-state index contributed by atoms with van der Waals surface area (Å²) in [6.45, 7) is -1.06. The number of carbonyl (C=O) groups excluding carboxylic acids is 3. The number of benzene rings is 2. The summed E-state index contributed by atoms with van der Waals surface area (Å²) in [5, 5.41) is 4.91. The molecule has 0 saturated heterocycles. The fraction of sp³-hybridized carbons (Fsp3) is 0.118. The van der Waals surface area contributed by atoms with E-state index >= 15 is 0 Å². The summed E-state index contributed by atoms with van der Waals surface area (Å²) >= 11 is 3.28. The highest BCUT2D eigenvalue weighted by molar-refractivity contribution is 9.10. The van der Waals surface area contributed by atoms with Gasteiger partial charge in [0.15, 0.2) is 0 Å². The molecular weight excluding hydrogens is 438 g/mol. The first kappa shape index (κ1) is 19.1. The van der Waals surface area contributed by atoms with Gasteiger partial charge in [0.25, 0.3) is 15.9 Å². The Labute approximate surface area is 163 Å². The van der Waals surface area contributed by atoms with Gasteiger partial charge >= 0.3 is 0 Å². The van der Waals surface area contributed by atoms with Crippen LogP contribution in [0.2, 0.25) is 0 Å². The molecule has 0 bridgehead atoms. The molecular formula is C17H14BrN3O5S. The molecule has 1 aliphatic rings. The van der Waals surface area contributed by atoms with Crippen LogP contribution in [0.3, 0.4) is 0 Å². The SMILES string of the molecule is O=C(CN1C(=O)c2ccccc2S1(=O)=O)NCC(=O)Nc1ccccc1Br. The molecule has 2 aromatic rings. The fourth-order valence-corrected chi connectivity index (χ4v) is 4.42. The Balaban J connectivity index is 1.60. The Hall–Kier alpha value is -2.72. The minimum Gasteiger partial charge on any atom is -0.345 e. The van der Waals surface area contributed by atoms with Crippen LogP contribution < -0.4 is 10.6 Å². The van der Waals surface area contributed by atoms with Gasteiger partial charge in [-0.2, -0.15) is 0 Å². The lowest BCUT2D eigenvalue weighted by Gasteiger charge is -2.14. The molecule has 3 amide bonds. The standard InChI is InChI=1S/C17H14BrN3O5S/c18-12-6-2-3-7-13(12)20-15(22)9-19-16(23)10-21-17(24)11-5-1-4-8-14(11)27(21,25)26/h1-8H,9-10H2,(H,19,23)(H,20,22). The van der Waals surface area contributed by atoms with E-state index in [0.29, 0.717) is 14.5 Å². The predicted octanol–water partition coefficient (Wildman–Crippen LogP) is 1.35. The number of nitrogens with zero attached hydrogens (tertiary/aromatic N) is 1. The van der Waals surface area contributed by atoms with Crippen molar-refractivity contribution in [1.82, 2.24) is 9.62 Å². The van der Waals surface area contributed by atoms with Crippen LogP contribution in [-0.2, 0) is 19.6 Å². The van der Waals surface area contributed by atoms with Crippen molar-refractivity contribution in [3.63, 3.8) is 0 Å². The zero-order chi connectivity index (χ0) is 19.6. The van der Waals surface area contributed by atoms with E-state index in [0.717, 1.165) is 0 Å². The normalized spacial score (nSPS) is 14.6. The highest BCUT2D eigenvalue weighted by atomic mass is 79.9. The van der Waals surface area contributed by atoms with Crippen molar-refractivity contribution in [2.24, 2.45) is 0 Å². The molecule has 0 spiro atoms. The highest BCUT2D eigenvalue weighted by Crippen LogP contribution is 2.29. The van der Waals surface area contributed by atoms with Gasteiger partial charge in [-0.3, -0.25) is 14.4 Å². The van der Waals surface area contributed by atoms with Gasteiger partial charge in [0.05, 0.1) is 17.8 Å². The van der Waals surface area contributed by atoms with Gasteiger partial charge < -0.3 is 10.6 Å². The summed E-state index contributed by atoms with van der Waals surface area (Å²) in [6, 6.07) is 12.7. The molecule has 27 heavy (non-hydrogen) atoms. The summed E-state index contributed by atoms with van der Waals surface area (Å²) < 4.78 is 26.0. The Bertz CT molecular complexity index is 1040. The summed E-state index contributed by atoms with van der Waals surface area (Å²) in [7, 11) is -4.07. The van der Waals surface area contributed by atoms with Crippen LogP contribution in [0.5, 0.6) is 0 Å². The molecule has 0 aliphatic carbocycles. The summed E-state index contributed by atoms with van der Waals surface area (Å²) in [4.78, 5) is 36.1. The largest absolute Gasteiger partial charge is 0.345 e. The van der Waals surface area contributed by atoms with Gasteiger partial charge in [0.2, 0.25) is 11.8 Å². The molecule has 0 atom stereocenters. The minimum absolute atomic E-state index is 0.0250. The highest BCUT2D eigenvalue weighted by Gasteiger charge is 2.41. The van der Waals surface area contributed by atoms with Crippen LogP contribution >= 0.6 is 15.9 Å². The lowest BCUT2D eigenvalue weighted by Crippen LogP contribution is -2.42. The topological polar surface area (TPSA) is 113 Å². The maximum atomic E-state index is 12.4. The smallest absolute Gasteiger partial charge is 0.269 e. The number of para-hydroxylation sites is 1. The van der Waals surface area contributed by atoms with E-state index in [1.165, 1.54) is 18.2 Å². The van der Waals surface area contributed by atoms with Gasteiger partial charge in [0, 0.05) is 4.47 Å². The number of carbonyl (C=O) groups is 3. The van der Waals surface area contributed by atoms with Crippen molar-refractivity contribution in [2.75, 3.05) is 18.4 Å². The minimum atomic E-state index is -4.07. The van der Waals surface area contributed by atoms with Crippen molar-refractivity contribution < 1.29 is 22.8 Å². The van der Waals surface area contributed by atoms with Crippen molar-refractivity contribution in [3.8, 4) is 0 Å². The van der Waals surface area contributed by atoms with E-state index in [4.69, 9.17) is 0 Å².